The van der Waals surface area contributed by atoms with Crippen molar-refractivity contribution < 1.29 is 34.8 Å². The van der Waals surface area contributed by atoms with Gasteiger partial charge in [0.15, 0.2) is 6.17 Å². The molecule has 1 heterocycles. The van der Waals surface area contributed by atoms with Crippen molar-refractivity contribution in [2.75, 3.05) is 26.9 Å². The van der Waals surface area contributed by atoms with Gasteiger partial charge in [-0.05, 0) is 0 Å². The molecule has 0 aromatic heterocycles. The number of rotatable bonds is 5. The van der Waals surface area contributed by atoms with Crippen LogP contribution in [0.25, 0.3) is 0 Å². The molecule has 1 unspecified atom stereocenters. The number of carbonyl (C=O) groups excluding carboxylic acids is 3. The Balaban J connectivity index is 2.84. The third-order valence-corrected chi connectivity index (χ3v) is 2.47. The molecular weight excluding hydrogens is 264 g/mol. The number of imide groups is 1. The number of aliphatic hydroxyl groups is 4. The lowest BCUT2D eigenvalue weighted by molar-refractivity contribution is -0.131. The molecule has 0 spiro atoms. The molecule has 0 aromatic rings. The highest BCUT2D eigenvalue weighted by atomic mass is 16.3. The summed E-state index contributed by atoms with van der Waals surface area (Å²) in [7, 11) is 0. The van der Waals surface area contributed by atoms with Gasteiger partial charge < -0.3 is 25.7 Å². The quantitative estimate of drug-likeness (QED) is 0.257. The number of nitrogens with one attached hydrogen (secondary N) is 1. The topological polar surface area (TPSA) is 154 Å². The first-order chi connectivity index (χ1) is 9.01. The van der Waals surface area contributed by atoms with Crippen LogP contribution in [-0.2, 0) is 4.79 Å². The third-order valence-electron chi connectivity index (χ3n) is 2.47. The molecule has 1 fully saturated rings. The minimum absolute atomic E-state index is 0.420. The Morgan fingerprint density at radius 3 is 2.16 bits per heavy atom. The highest BCUT2D eigenvalue weighted by Crippen LogP contribution is 2.14. The van der Waals surface area contributed by atoms with Crippen LogP contribution in [-0.4, -0.2) is 86.2 Å². The van der Waals surface area contributed by atoms with Crippen LogP contribution in [0.1, 0.15) is 0 Å². The van der Waals surface area contributed by atoms with Crippen LogP contribution in [0.15, 0.2) is 0 Å². The molecule has 1 saturated heterocycles. The van der Waals surface area contributed by atoms with Crippen molar-refractivity contribution in [3.63, 3.8) is 0 Å². The standard InChI is InChI=1S/C8H14N4O7/c13-1-10(2-14)7(18)9-5-6(17)12(4-16)8(19)11(5)3-15/h5,13-16H,1-4H2,(H,9,18). The van der Waals surface area contributed by atoms with Gasteiger partial charge in [0.1, 0.15) is 26.9 Å². The summed E-state index contributed by atoms with van der Waals surface area (Å²) in [6.07, 6.45) is -1.52. The lowest BCUT2D eigenvalue weighted by atomic mass is 10.4. The summed E-state index contributed by atoms with van der Waals surface area (Å²) in [5, 5.41) is 37.4. The van der Waals surface area contributed by atoms with E-state index in [1.165, 1.54) is 0 Å². The summed E-state index contributed by atoms with van der Waals surface area (Å²) in [5.41, 5.74) is 0. The van der Waals surface area contributed by atoms with E-state index in [1.807, 2.05) is 5.32 Å². The average molecular weight is 278 g/mol. The van der Waals surface area contributed by atoms with E-state index >= 15 is 0 Å². The number of hydrogen-bond donors (Lipinski definition) is 5. The highest BCUT2D eigenvalue weighted by Gasteiger charge is 2.45. The number of urea groups is 2. The second-order valence-electron chi connectivity index (χ2n) is 3.48. The van der Waals surface area contributed by atoms with Gasteiger partial charge in [0.2, 0.25) is 0 Å². The molecule has 1 aliphatic heterocycles. The van der Waals surface area contributed by atoms with Gasteiger partial charge in [-0.1, -0.05) is 0 Å². The number of amides is 5. The van der Waals surface area contributed by atoms with Crippen molar-refractivity contribution in [2.45, 2.75) is 6.17 Å². The smallest absolute Gasteiger partial charge is 0.332 e. The Morgan fingerprint density at radius 1 is 1.16 bits per heavy atom. The Labute approximate surface area is 107 Å². The summed E-state index contributed by atoms with van der Waals surface area (Å²) in [5.74, 6) is -0.939. The van der Waals surface area contributed by atoms with Crippen molar-refractivity contribution in [1.82, 2.24) is 20.0 Å². The van der Waals surface area contributed by atoms with E-state index in [2.05, 4.69) is 0 Å². The number of nitrogens with zero attached hydrogens (tertiary/aromatic N) is 3. The molecule has 5 amide bonds. The Bertz CT molecular complexity index is 372. The van der Waals surface area contributed by atoms with Crippen molar-refractivity contribution >= 4 is 18.0 Å². The maximum atomic E-state index is 11.7. The Morgan fingerprint density at radius 2 is 1.74 bits per heavy atom. The molecule has 1 rings (SSSR count). The fraction of sp³-hybridized carbons (Fsp3) is 0.625. The zero-order valence-electron chi connectivity index (χ0n) is 9.76. The molecule has 1 aliphatic rings. The number of carbonyl (C=O) groups is 3. The first-order valence-electron chi connectivity index (χ1n) is 5.12. The van der Waals surface area contributed by atoms with Crippen molar-refractivity contribution in [3.8, 4) is 0 Å². The van der Waals surface area contributed by atoms with Crippen LogP contribution >= 0.6 is 0 Å². The Hall–Kier alpha value is -1.95. The van der Waals surface area contributed by atoms with E-state index in [4.69, 9.17) is 20.4 Å². The molecule has 11 heteroatoms. The average Bonchev–Trinajstić information content (AvgIpc) is 2.62. The first-order valence-corrected chi connectivity index (χ1v) is 5.12. The van der Waals surface area contributed by atoms with Gasteiger partial charge in [-0.3, -0.25) is 14.6 Å². The summed E-state index contributed by atoms with van der Waals surface area (Å²) in [6.45, 7) is -3.37. The van der Waals surface area contributed by atoms with Crippen LogP contribution in [0.4, 0.5) is 9.59 Å². The van der Waals surface area contributed by atoms with E-state index in [0.717, 1.165) is 0 Å². The molecule has 0 aliphatic carbocycles. The van der Waals surface area contributed by atoms with E-state index in [0.29, 0.717) is 14.7 Å². The van der Waals surface area contributed by atoms with E-state index in [-0.39, 0.29) is 0 Å². The molecule has 0 radical (unpaired) electrons. The minimum atomic E-state index is -1.52. The summed E-state index contributed by atoms with van der Waals surface area (Å²) < 4.78 is 0. The third kappa shape index (κ3) is 2.73. The van der Waals surface area contributed by atoms with Crippen molar-refractivity contribution in [1.29, 1.82) is 0 Å². The van der Waals surface area contributed by atoms with Gasteiger partial charge in [-0.25, -0.2) is 14.5 Å². The van der Waals surface area contributed by atoms with Crippen molar-refractivity contribution in [2.24, 2.45) is 0 Å². The molecular formula is C8H14N4O7. The highest BCUT2D eigenvalue weighted by molar-refractivity contribution is 6.05. The second-order valence-corrected chi connectivity index (χ2v) is 3.48. The molecule has 0 saturated carbocycles. The number of aliphatic hydroxyl groups excluding tert-OH is 4. The monoisotopic (exact) mass is 278 g/mol. The molecule has 5 N–H and O–H groups in total. The van der Waals surface area contributed by atoms with Gasteiger partial charge in [-0.15, -0.1) is 0 Å². The molecule has 108 valence electrons. The zero-order chi connectivity index (χ0) is 14.6. The molecule has 0 bridgehead atoms. The molecule has 0 aromatic carbocycles. The molecule has 19 heavy (non-hydrogen) atoms. The van der Waals surface area contributed by atoms with Crippen LogP contribution < -0.4 is 5.32 Å². The predicted octanol–water partition coefficient (Wildman–Crippen LogP) is -3.61. The molecule has 1 atom stereocenters. The van der Waals surface area contributed by atoms with Crippen LogP contribution in [0.3, 0.4) is 0 Å². The fourth-order valence-corrected chi connectivity index (χ4v) is 1.43. The van der Waals surface area contributed by atoms with Gasteiger partial charge in [0, 0.05) is 0 Å². The summed E-state index contributed by atoms with van der Waals surface area (Å²) >= 11 is 0. The van der Waals surface area contributed by atoms with Gasteiger partial charge in [0.25, 0.3) is 5.91 Å². The van der Waals surface area contributed by atoms with Crippen LogP contribution in [0, 0.1) is 0 Å². The Kier molecular flexibility index (Phi) is 5.00. The minimum Gasteiger partial charge on any atom is -0.376 e. The fourth-order valence-electron chi connectivity index (χ4n) is 1.43. The maximum Gasteiger partial charge on any atom is 0.332 e. The van der Waals surface area contributed by atoms with Gasteiger partial charge in [-0.2, -0.15) is 0 Å². The molecule has 11 nitrogen and oxygen atoms in total. The van der Waals surface area contributed by atoms with E-state index in [9.17, 15) is 14.4 Å². The SMILES string of the molecule is O=C(NC1C(=O)N(CO)C(=O)N1CO)N(CO)CO. The normalized spacial score (nSPS) is 19.1. The van der Waals surface area contributed by atoms with Crippen LogP contribution in [0.2, 0.25) is 0 Å². The van der Waals surface area contributed by atoms with Crippen molar-refractivity contribution in [3.05, 3.63) is 0 Å². The van der Waals surface area contributed by atoms with Gasteiger partial charge in [0.05, 0.1) is 0 Å². The summed E-state index contributed by atoms with van der Waals surface area (Å²) in [6, 6.07) is -1.99. The number of hydrogen-bond acceptors (Lipinski definition) is 7. The lowest BCUT2D eigenvalue weighted by Gasteiger charge is -2.23. The van der Waals surface area contributed by atoms with E-state index in [1.54, 1.807) is 0 Å². The van der Waals surface area contributed by atoms with Crippen LogP contribution in [0.5, 0.6) is 0 Å². The first kappa shape index (κ1) is 15.1. The van der Waals surface area contributed by atoms with E-state index < -0.39 is 51.1 Å². The lowest BCUT2D eigenvalue weighted by Crippen LogP contribution is -2.53. The second kappa shape index (κ2) is 6.29. The zero-order valence-corrected chi connectivity index (χ0v) is 9.76. The maximum absolute atomic E-state index is 11.7. The largest absolute Gasteiger partial charge is 0.376 e. The predicted molar refractivity (Wildman–Crippen MR) is 56.6 cm³/mol. The summed E-state index contributed by atoms with van der Waals surface area (Å²) in [4.78, 5) is 36.3. The van der Waals surface area contributed by atoms with Gasteiger partial charge >= 0.3 is 12.1 Å².